The number of aromatic nitrogens is 3. The molecule has 174 valence electrons. The van der Waals surface area contributed by atoms with Crippen LogP contribution in [0.25, 0.3) is 11.4 Å². The first-order valence-corrected chi connectivity index (χ1v) is 10.7. The minimum Gasteiger partial charge on any atom is -0.376 e. The molecule has 0 saturated carbocycles. The summed E-state index contributed by atoms with van der Waals surface area (Å²) in [4.78, 5) is 21.4. The van der Waals surface area contributed by atoms with Crippen LogP contribution >= 0.6 is 0 Å². The van der Waals surface area contributed by atoms with Crippen molar-refractivity contribution in [3.8, 4) is 11.4 Å². The van der Waals surface area contributed by atoms with Crippen LogP contribution in [-0.4, -0.2) is 27.2 Å². The second-order valence-electron chi connectivity index (χ2n) is 8.16. The highest BCUT2D eigenvalue weighted by Gasteiger charge is 2.35. The van der Waals surface area contributed by atoms with Gasteiger partial charge >= 0.3 is 6.18 Å². The van der Waals surface area contributed by atoms with Gasteiger partial charge in [-0.25, -0.2) is 4.98 Å². The molecule has 0 amide bonds. The zero-order chi connectivity index (χ0) is 23.9. The molecule has 0 aliphatic heterocycles. The lowest BCUT2D eigenvalue weighted by molar-refractivity contribution is -0.141. The summed E-state index contributed by atoms with van der Waals surface area (Å²) in [5.41, 5.74) is 2.43. The number of benzene rings is 1. The van der Waals surface area contributed by atoms with Crippen LogP contribution < -0.4 is 10.9 Å². The Kier molecular flexibility index (Phi) is 6.00. The first-order valence-electron chi connectivity index (χ1n) is 10.7. The Morgan fingerprint density at radius 3 is 2.64 bits per heavy atom. The zero-order valence-electron chi connectivity index (χ0n) is 18.8. The third-order valence-electron chi connectivity index (χ3n) is 5.98. The third-order valence-corrected chi connectivity index (χ3v) is 5.98. The number of alkyl halides is 3. The van der Waals surface area contributed by atoms with Crippen molar-refractivity contribution >= 4 is 5.69 Å². The summed E-state index contributed by atoms with van der Waals surface area (Å²) < 4.78 is 46.3. The zero-order valence-corrected chi connectivity index (χ0v) is 18.8. The molecule has 0 saturated heterocycles. The maximum atomic E-state index is 13.3. The Morgan fingerprint density at radius 1 is 1.24 bits per heavy atom. The Hall–Kier alpha value is -3.20. The van der Waals surface area contributed by atoms with Gasteiger partial charge in [0.2, 0.25) is 0 Å². The number of nitrogens with zero attached hydrogens (tertiary/aromatic N) is 3. The lowest BCUT2D eigenvalue weighted by atomic mass is 10.1. The SMILES string of the molecule is CCOC1Cc2ccccc2C1Nc1c(C)nc(-c2cnc(C(F)(F)F)cc2C)n(C)c1=O. The van der Waals surface area contributed by atoms with E-state index in [-0.39, 0.29) is 23.5 Å². The monoisotopic (exact) mass is 458 g/mol. The lowest BCUT2D eigenvalue weighted by Gasteiger charge is -2.24. The number of pyridine rings is 1. The molecule has 3 aromatic rings. The minimum atomic E-state index is -4.54. The van der Waals surface area contributed by atoms with Gasteiger partial charge in [0.25, 0.3) is 5.56 Å². The minimum absolute atomic E-state index is 0.127. The van der Waals surface area contributed by atoms with Crippen molar-refractivity contribution in [1.29, 1.82) is 0 Å². The Labute approximate surface area is 189 Å². The van der Waals surface area contributed by atoms with Gasteiger partial charge in [0, 0.05) is 31.8 Å². The third kappa shape index (κ3) is 4.25. The van der Waals surface area contributed by atoms with Crippen LogP contribution in [0, 0.1) is 13.8 Å². The van der Waals surface area contributed by atoms with Crippen LogP contribution in [0.15, 0.2) is 41.3 Å². The predicted molar refractivity (Wildman–Crippen MR) is 119 cm³/mol. The van der Waals surface area contributed by atoms with Crippen LogP contribution in [0.5, 0.6) is 0 Å². The largest absolute Gasteiger partial charge is 0.433 e. The van der Waals surface area contributed by atoms with Crippen LogP contribution in [0.2, 0.25) is 0 Å². The molecule has 0 bridgehead atoms. The summed E-state index contributed by atoms with van der Waals surface area (Å²) in [6.45, 7) is 5.73. The fourth-order valence-electron chi connectivity index (χ4n) is 4.31. The second-order valence-corrected chi connectivity index (χ2v) is 8.16. The topological polar surface area (TPSA) is 69.0 Å². The number of hydrogen-bond donors (Lipinski definition) is 1. The molecule has 33 heavy (non-hydrogen) atoms. The second kappa shape index (κ2) is 8.62. The summed E-state index contributed by atoms with van der Waals surface area (Å²) in [5.74, 6) is 0.259. The van der Waals surface area contributed by atoms with E-state index in [0.717, 1.165) is 24.2 Å². The molecule has 1 aromatic carbocycles. The fraction of sp³-hybridized carbons (Fsp3) is 0.375. The van der Waals surface area contributed by atoms with Crippen molar-refractivity contribution in [3.63, 3.8) is 0 Å². The average Bonchev–Trinajstić information content (AvgIpc) is 3.10. The molecule has 4 rings (SSSR count). The van der Waals surface area contributed by atoms with Crippen molar-refractivity contribution in [2.24, 2.45) is 7.05 Å². The number of ether oxygens (including phenoxy) is 1. The molecule has 1 N–H and O–H groups in total. The van der Waals surface area contributed by atoms with Crippen LogP contribution in [0.4, 0.5) is 18.9 Å². The van der Waals surface area contributed by atoms with E-state index < -0.39 is 11.9 Å². The molecule has 0 spiro atoms. The number of hydrogen-bond acceptors (Lipinski definition) is 5. The van der Waals surface area contributed by atoms with E-state index in [1.54, 1.807) is 20.9 Å². The first-order chi connectivity index (χ1) is 15.6. The van der Waals surface area contributed by atoms with Crippen molar-refractivity contribution in [3.05, 3.63) is 75.0 Å². The fourth-order valence-corrected chi connectivity index (χ4v) is 4.31. The number of halogens is 3. The molecule has 2 heterocycles. The number of fused-ring (bicyclic) bond motifs is 1. The quantitative estimate of drug-likeness (QED) is 0.606. The number of nitrogens with one attached hydrogen (secondary N) is 1. The highest BCUT2D eigenvalue weighted by atomic mass is 19.4. The van der Waals surface area contributed by atoms with Gasteiger partial charge in [-0.05, 0) is 43.5 Å². The normalized spacial score (nSPS) is 17.8. The van der Waals surface area contributed by atoms with Crippen LogP contribution in [0.1, 0.15) is 41.0 Å². The van der Waals surface area contributed by atoms with E-state index >= 15 is 0 Å². The van der Waals surface area contributed by atoms with Crippen molar-refractivity contribution in [1.82, 2.24) is 14.5 Å². The van der Waals surface area contributed by atoms with Gasteiger partial charge in [0.1, 0.15) is 17.2 Å². The van der Waals surface area contributed by atoms with Gasteiger partial charge < -0.3 is 10.1 Å². The molecule has 2 aromatic heterocycles. The Bertz CT molecular complexity index is 1250. The Morgan fingerprint density at radius 2 is 1.97 bits per heavy atom. The molecule has 1 aliphatic rings. The van der Waals surface area contributed by atoms with E-state index in [1.165, 1.54) is 10.1 Å². The molecular weight excluding hydrogens is 433 g/mol. The van der Waals surface area contributed by atoms with Gasteiger partial charge in [-0.1, -0.05) is 24.3 Å². The lowest BCUT2D eigenvalue weighted by Crippen LogP contribution is -2.31. The average molecular weight is 458 g/mol. The molecule has 1 aliphatic carbocycles. The number of rotatable bonds is 5. The predicted octanol–water partition coefficient (Wildman–Crippen LogP) is 4.59. The highest BCUT2D eigenvalue weighted by molar-refractivity contribution is 5.62. The molecule has 9 heteroatoms. The molecule has 2 atom stereocenters. The smallest absolute Gasteiger partial charge is 0.376 e. The van der Waals surface area contributed by atoms with E-state index in [0.29, 0.717) is 29.1 Å². The molecule has 0 radical (unpaired) electrons. The van der Waals surface area contributed by atoms with Gasteiger partial charge in [0.05, 0.1) is 17.8 Å². The highest BCUT2D eigenvalue weighted by Crippen LogP contribution is 2.36. The standard InChI is InChI=1S/C24H25F3N4O2/c1-5-33-18-11-15-8-6-7-9-16(15)21(18)30-20-14(3)29-22(31(4)23(20)32)17-12-28-19(10-13(17)2)24(25,26)27/h6-10,12,18,21,30H,5,11H2,1-4H3. The molecule has 6 nitrogen and oxygen atoms in total. The van der Waals surface area contributed by atoms with E-state index in [2.05, 4.69) is 21.4 Å². The molecule has 2 unspecified atom stereocenters. The van der Waals surface area contributed by atoms with Crippen LogP contribution in [-0.2, 0) is 24.4 Å². The van der Waals surface area contributed by atoms with Crippen molar-refractivity contribution in [2.45, 2.75) is 45.5 Å². The number of anilines is 1. The summed E-state index contributed by atoms with van der Waals surface area (Å²) in [6, 6.07) is 8.75. The van der Waals surface area contributed by atoms with Gasteiger partial charge in [0.15, 0.2) is 0 Å². The van der Waals surface area contributed by atoms with E-state index in [9.17, 15) is 18.0 Å². The van der Waals surface area contributed by atoms with E-state index in [1.807, 2.05) is 25.1 Å². The maximum Gasteiger partial charge on any atom is 0.433 e. The molecule has 0 fully saturated rings. The maximum absolute atomic E-state index is 13.3. The van der Waals surface area contributed by atoms with Crippen molar-refractivity contribution in [2.75, 3.05) is 11.9 Å². The summed E-state index contributed by atoms with van der Waals surface area (Å²) in [6.07, 6.45) is -2.81. The van der Waals surface area contributed by atoms with Gasteiger partial charge in [-0.3, -0.25) is 14.3 Å². The summed E-state index contributed by atoms with van der Waals surface area (Å²) in [5, 5.41) is 3.35. The number of aryl methyl sites for hydroxylation is 2. The molecular formula is C24H25F3N4O2. The Balaban J connectivity index is 1.73. The van der Waals surface area contributed by atoms with Crippen LogP contribution in [0.3, 0.4) is 0 Å². The van der Waals surface area contributed by atoms with Gasteiger partial charge in [-0.15, -0.1) is 0 Å². The first kappa shape index (κ1) is 23.0. The van der Waals surface area contributed by atoms with Gasteiger partial charge in [-0.2, -0.15) is 13.2 Å². The van der Waals surface area contributed by atoms with E-state index in [4.69, 9.17) is 4.74 Å². The summed E-state index contributed by atoms with van der Waals surface area (Å²) in [7, 11) is 1.55. The van der Waals surface area contributed by atoms with Crippen molar-refractivity contribution < 1.29 is 17.9 Å². The summed E-state index contributed by atoms with van der Waals surface area (Å²) >= 11 is 0.